The van der Waals surface area contributed by atoms with Crippen molar-refractivity contribution in [1.82, 2.24) is 4.90 Å². The number of nitrogens with one attached hydrogen (secondary N) is 1. The first kappa shape index (κ1) is 14.1. The molecule has 1 N–H and O–H groups in total. The lowest BCUT2D eigenvalue weighted by molar-refractivity contribution is -0.902. The largest absolute Gasteiger partial charge is 1.00 e. The van der Waals surface area contributed by atoms with Crippen molar-refractivity contribution in [3.8, 4) is 0 Å². The molecule has 0 aromatic heterocycles. The molecule has 4 atom stereocenters. The van der Waals surface area contributed by atoms with Gasteiger partial charge in [-0.25, -0.2) is 0 Å². The average molecular weight is 392 g/mol. The molecule has 0 aromatic carbocycles. The summed E-state index contributed by atoms with van der Waals surface area (Å²) < 4.78 is 1.29. The minimum Gasteiger partial charge on any atom is -1.00 e. The molecule has 3 nitrogen and oxygen atoms in total. The van der Waals surface area contributed by atoms with Crippen molar-refractivity contribution < 1.29 is 26.7 Å². The smallest absolute Gasteiger partial charge is 0.190 e. The van der Waals surface area contributed by atoms with E-state index in [2.05, 4.69) is 27.0 Å². The van der Waals surface area contributed by atoms with Crippen LogP contribution in [-0.2, 0) is 4.79 Å². The molecule has 0 aromatic rings. The molecule has 2 saturated heterocycles. The fourth-order valence-corrected chi connectivity index (χ4v) is 5.94. The molecular formula is C14H20Br2N2O. The predicted molar refractivity (Wildman–Crippen MR) is 72.3 cm³/mol. The second-order valence-corrected chi connectivity index (χ2v) is 7.24. The lowest BCUT2D eigenvalue weighted by Gasteiger charge is -2.50. The van der Waals surface area contributed by atoms with E-state index in [9.17, 15) is 4.79 Å². The minimum absolute atomic E-state index is 0. The zero-order valence-electron chi connectivity index (χ0n) is 11.0. The summed E-state index contributed by atoms with van der Waals surface area (Å²) in [5.41, 5.74) is 0.208. The first-order chi connectivity index (χ1) is 8.72. The van der Waals surface area contributed by atoms with Gasteiger partial charge in [-0.1, -0.05) is 0 Å². The molecule has 1 aliphatic carbocycles. The van der Waals surface area contributed by atoms with Gasteiger partial charge in [-0.2, -0.15) is 0 Å². The molecule has 19 heavy (non-hydrogen) atoms. The van der Waals surface area contributed by atoms with Gasteiger partial charge in [-0.15, -0.1) is 0 Å². The van der Waals surface area contributed by atoms with Gasteiger partial charge in [0.2, 0.25) is 0 Å². The van der Waals surface area contributed by atoms with Crippen LogP contribution in [0.15, 0.2) is 10.8 Å². The molecule has 4 unspecified atom stereocenters. The molecular weight excluding hydrogens is 372 g/mol. The van der Waals surface area contributed by atoms with Crippen LogP contribution in [0.1, 0.15) is 38.5 Å². The number of carbonyl (C=O) groups is 1. The average Bonchev–Trinajstić information content (AvgIpc) is 2.92. The second-order valence-electron chi connectivity index (χ2n) is 6.38. The Morgan fingerprint density at radius 1 is 1.37 bits per heavy atom. The molecule has 0 amide bonds. The molecule has 5 heteroatoms. The maximum atomic E-state index is 12.1. The van der Waals surface area contributed by atoms with Crippen molar-refractivity contribution in [1.29, 1.82) is 0 Å². The molecule has 1 saturated carbocycles. The predicted octanol–water partition coefficient (Wildman–Crippen LogP) is -1.94. The number of Topliss-reactive ketones (excluding diaryl/α,β-unsaturated/α-hetero) is 1. The number of carbonyl (C=O) groups excluding carboxylic acids is 1. The Bertz CT molecular complexity index is 439. The van der Waals surface area contributed by atoms with Crippen LogP contribution in [0, 0.1) is 5.92 Å². The zero-order valence-corrected chi connectivity index (χ0v) is 14.2. The van der Waals surface area contributed by atoms with Crippen LogP contribution in [-0.4, -0.2) is 35.4 Å². The summed E-state index contributed by atoms with van der Waals surface area (Å²) >= 11 is 3.78. The number of ketones is 1. The highest BCUT2D eigenvalue weighted by Crippen LogP contribution is 2.45. The van der Waals surface area contributed by atoms with Crippen molar-refractivity contribution in [3.05, 3.63) is 10.8 Å². The fraction of sp³-hybridized carbons (Fsp3) is 0.786. The highest BCUT2D eigenvalue weighted by Gasteiger charge is 2.64. The highest BCUT2D eigenvalue weighted by molar-refractivity contribution is 9.11. The second kappa shape index (κ2) is 4.85. The van der Waals surface area contributed by atoms with Gasteiger partial charge in [-0.3, -0.25) is 9.69 Å². The maximum Gasteiger partial charge on any atom is 0.190 e. The van der Waals surface area contributed by atoms with E-state index < -0.39 is 0 Å². The molecule has 1 spiro atoms. The van der Waals surface area contributed by atoms with Crippen LogP contribution >= 0.6 is 15.9 Å². The Balaban J connectivity index is 0.00000110. The van der Waals surface area contributed by atoms with Crippen molar-refractivity contribution in [2.45, 2.75) is 50.1 Å². The number of nitrogens with zero attached hydrogens (tertiary/aromatic N) is 1. The zero-order chi connectivity index (χ0) is 12.3. The number of hydrogen-bond donors (Lipinski definition) is 1. The number of halogens is 2. The Morgan fingerprint density at radius 2 is 2.21 bits per heavy atom. The van der Waals surface area contributed by atoms with Crippen LogP contribution in [0.2, 0.25) is 0 Å². The number of rotatable bonds is 0. The highest BCUT2D eigenvalue weighted by atomic mass is 79.9. The van der Waals surface area contributed by atoms with Crippen LogP contribution in [0.4, 0.5) is 0 Å². The van der Waals surface area contributed by atoms with E-state index in [1.54, 1.807) is 4.90 Å². The Hall–Kier alpha value is 0.130. The molecule has 4 aliphatic rings. The van der Waals surface area contributed by atoms with E-state index in [1.807, 2.05) is 0 Å². The summed E-state index contributed by atoms with van der Waals surface area (Å²) in [6.07, 6.45) is 8.95. The Kier molecular flexibility index (Phi) is 3.59. The SMILES string of the molecule is O=C1CCC2CC[NH+]3C(Br)=CN4CCCC4C23C1.[Br-]. The molecule has 0 bridgehead atoms. The molecule has 0 radical (unpaired) electrons. The summed E-state index contributed by atoms with van der Waals surface area (Å²) in [5.74, 6) is 1.26. The van der Waals surface area contributed by atoms with E-state index in [0.717, 1.165) is 25.2 Å². The standard InChI is InChI=1S/C14H19BrN2O.BrH/c15-13-9-16-6-1-2-12(16)14-8-11(18)4-3-10(14)5-7-17(13)14;/h9-10,12H,1-8H2;1H. The maximum absolute atomic E-state index is 12.1. The van der Waals surface area contributed by atoms with Gasteiger partial charge < -0.3 is 21.9 Å². The van der Waals surface area contributed by atoms with Gasteiger partial charge in [0.05, 0.1) is 25.2 Å². The summed E-state index contributed by atoms with van der Waals surface area (Å²) in [5, 5.41) is 0. The lowest BCUT2D eigenvalue weighted by atomic mass is 9.67. The monoisotopic (exact) mass is 390 g/mol. The minimum atomic E-state index is 0. The molecule has 4 rings (SSSR count). The first-order valence-electron chi connectivity index (χ1n) is 7.23. The van der Waals surface area contributed by atoms with Gasteiger partial charge in [0.1, 0.15) is 11.3 Å². The number of quaternary nitrogens is 1. The third-order valence-electron chi connectivity index (χ3n) is 5.75. The quantitative estimate of drug-likeness (QED) is 0.486. The topological polar surface area (TPSA) is 24.8 Å². The van der Waals surface area contributed by atoms with Crippen LogP contribution in [0.5, 0.6) is 0 Å². The van der Waals surface area contributed by atoms with Gasteiger partial charge >= 0.3 is 0 Å². The van der Waals surface area contributed by atoms with Gasteiger partial charge in [-0.05, 0) is 19.3 Å². The summed E-state index contributed by atoms with van der Waals surface area (Å²) in [4.78, 5) is 16.2. The molecule has 106 valence electrons. The van der Waals surface area contributed by atoms with Crippen LogP contribution < -0.4 is 21.9 Å². The number of fused-ring (bicyclic) bond motifs is 1. The van der Waals surface area contributed by atoms with Crippen molar-refractivity contribution in [2.75, 3.05) is 13.1 Å². The Labute approximate surface area is 133 Å². The van der Waals surface area contributed by atoms with E-state index in [0.29, 0.717) is 11.8 Å². The summed E-state index contributed by atoms with van der Waals surface area (Å²) in [6, 6.07) is 0.616. The third kappa shape index (κ3) is 1.80. The molecule has 3 fully saturated rings. The van der Waals surface area contributed by atoms with Gasteiger partial charge in [0, 0.05) is 41.2 Å². The Morgan fingerprint density at radius 3 is 3.05 bits per heavy atom. The van der Waals surface area contributed by atoms with Gasteiger partial charge in [0.25, 0.3) is 0 Å². The van der Waals surface area contributed by atoms with Crippen LogP contribution in [0.3, 0.4) is 0 Å². The normalized spacial score (nSPS) is 44.1. The fourth-order valence-electron chi connectivity index (χ4n) is 5.11. The van der Waals surface area contributed by atoms with E-state index in [1.165, 1.54) is 37.0 Å². The third-order valence-corrected chi connectivity index (χ3v) is 6.43. The summed E-state index contributed by atoms with van der Waals surface area (Å²) in [7, 11) is 0. The molecule has 3 aliphatic heterocycles. The van der Waals surface area contributed by atoms with Crippen molar-refractivity contribution in [3.63, 3.8) is 0 Å². The van der Waals surface area contributed by atoms with E-state index >= 15 is 0 Å². The first-order valence-corrected chi connectivity index (χ1v) is 8.02. The van der Waals surface area contributed by atoms with Gasteiger partial charge in [0.15, 0.2) is 4.61 Å². The van der Waals surface area contributed by atoms with Crippen molar-refractivity contribution in [2.24, 2.45) is 5.92 Å². The van der Waals surface area contributed by atoms with E-state index in [-0.39, 0.29) is 22.5 Å². The van der Waals surface area contributed by atoms with Crippen LogP contribution in [0.25, 0.3) is 0 Å². The van der Waals surface area contributed by atoms with Crippen molar-refractivity contribution >= 4 is 21.7 Å². The summed E-state index contributed by atoms with van der Waals surface area (Å²) in [6.45, 7) is 2.38. The van der Waals surface area contributed by atoms with E-state index in [4.69, 9.17) is 0 Å². The number of hydrogen-bond acceptors (Lipinski definition) is 2. The lowest BCUT2D eigenvalue weighted by Crippen LogP contribution is -3.19. The molecule has 3 heterocycles.